The number of rotatable bonds is 3. The van der Waals surface area contributed by atoms with Crippen molar-refractivity contribution in [1.82, 2.24) is 4.98 Å². The summed E-state index contributed by atoms with van der Waals surface area (Å²) in [6, 6.07) is 13.7. The summed E-state index contributed by atoms with van der Waals surface area (Å²) in [4.78, 5) is 31.3. The highest BCUT2D eigenvalue weighted by molar-refractivity contribution is 9.10. The Morgan fingerprint density at radius 1 is 1.18 bits per heavy atom. The van der Waals surface area contributed by atoms with E-state index in [1.165, 1.54) is 16.2 Å². The molecule has 3 aromatic rings. The Balaban J connectivity index is 1.95. The van der Waals surface area contributed by atoms with Crippen LogP contribution in [0.15, 0.2) is 70.2 Å². The maximum atomic E-state index is 12.9. The van der Waals surface area contributed by atoms with Gasteiger partial charge in [-0.15, -0.1) is 11.3 Å². The van der Waals surface area contributed by atoms with Gasteiger partial charge in [0.2, 0.25) is 0 Å². The molecule has 1 aliphatic heterocycles. The maximum absolute atomic E-state index is 12.9. The van der Waals surface area contributed by atoms with E-state index < -0.39 is 17.7 Å². The molecule has 0 aliphatic carbocycles. The predicted octanol–water partition coefficient (Wildman–Crippen LogP) is 4.84. The number of nitrogens with zero attached hydrogens (tertiary/aromatic N) is 2. The normalized spacial score (nSPS) is 18.6. The Kier molecular flexibility index (Phi) is 4.87. The first-order valence-electron chi connectivity index (χ1n) is 8.50. The SMILES string of the molecule is Cc1ccc(/C(O)=C2\C(=O)C(=O)N(c3nccs3)[C@H]2c2cccc(Br)c2)cc1. The minimum Gasteiger partial charge on any atom is -0.507 e. The fourth-order valence-corrected chi connectivity index (χ4v) is 4.31. The summed E-state index contributed by atoms with van der Waals surface area (Å²) in [7, 11) is 0. The Morgan fingerprint density at radius 3 is 2.57 bits per heavy atom. The van der Waals surface area contributed by atoms with Crippen molar-refractivity contribution >= 4 is 49.8 Å². The van der Waals surface area contributed by atoms with Crippen LogP contribution in [0.1, 0.15) is 22.7 Å². The summed E-state index contributed by atoms with van der Waals surface area (Å²) >= 11 is 4.70. The van der Waals surface area contributed by atoms with Crippen LogP contribution in [0.25, 0.3) is 5.76 Å². The minimum atomic E-state index is -0.759. The third-order valence-electron chi connectivity index (χ3n) is 4.56. The number of aryl methyl sites for hydroxylation is 1. The Hall–Kier alpha value is -2.77. The highest BCUT2D eigenvalue weighted by Crippen LogP contribution is 2.43. The molecule has 1 amide bonds. The Morgan fingerprint density at radius 2 is 1.93 bits per heavy atom. The largest absolute Gasteiger partial charge is 0.507 e. The van der Waals surface area contributed by atoms with Gasteiger partial charge in [0.1, 0.15) is 5.76 Å². The monoisotopic (exact) mass is 454 g/mol. The standard InChI is InChI=1S/C21H15BrN2O3S/c1-12-5-7-13(8-6-12)18(25)16-17(14-3-2-4-15(22)11-14)24(20(27)19(16)26)21-23-9-10-28-21/h2-11,17,25H,1H3/b18-16+/t17-/m0/s1. The molecule has 1 aliphatic rings. The van der Waals surface area contributed by atoms with Crippen LogP contribution in [0, 0.1) is 6.92 Å². The van der Waals surface area contributed by atoms with Gasteiger partial charge in [0.05, 0.1) is 11.6 Å². The number of hydrogen-bond acceptors (Lipinski definition) is 5. The van der Waals surface area contributed by atoms with Gasteiger partial charge >= 0.3 is 5.91 Å². The summed E-state index contributed by atoms with van der Waals surface area (Å²) in [5.74, 6) is -1.62. The molecule has 1 aromatic heterocycles. The van der Waals surface area contributed by atoms with Gasteiger partial charge in [-0.2, -0.15) is 0 Å². The molecule has 5 nitrogen and oxygen atoms in total. The van der Waals surface area contributed by atoms with Crippen molar-refractivity contribution in [1.29, 1.82) is 0 Å². The molecule has 7 heteroatoms. The first-order valence-corrected chi connectivity index (χ1v) is 10.2. The average Bonchev–Trinajstić information content (AvgIpc) is 3.29. The smallest absolute Gasteiger partial charge is 0.301 e. The number of aromatic nitrogens is 1. The predicted molar refractivity (Wildman–Crippen MR) is 112 cm³/mol. The first-order chi connectivity index (χ1) is 13.5. The van der Waals surface area contributed by atoms with Crippen LogP contribution in [0.5, 0.6) is 0 Å². The number of Topliss-reactive ketones (excluding diaryl/α,β-unsaturated/α-hetero) is 1. The van der Waals surface area contributed by atoms with E-state index in [4.69, 9.17) is 0 Å². The molecule has 1 atom stereocenters. The van der Waals surface area contributed by atoms with Gasteiger partial charge in [-0.3, -0.25) is 14.5 Å². The quantitative estimate of drug-likeness (QED) is 0.349. The van der Waals surface area contributed by atoms with Gasteiger partial charge in [-0.1, -0.05) is 57.9 Å². The highest BCUT2D eigenvalue weighted by atomic mass is 79.9. The maximum Gasteiger partial charge on any atom is 0.301 e. The van der Waals surface area contributed by atoms with Gasteiger partial charge in [0.25, 0.3) is 5.78 Å². The second-order valence-corrected chi connectivity index (χ2v) is 8.19. The zero-order chi connectivity index (χ0) is 19.8. The van der Waals surface area contributed by atoms with E-state index in [-0.39, 0.29) is 11.3 Å². The number of anilines is 1. The number of hydrogen-bond donors (Lipinski definition) is 1. The van der Waals surface area contributed by atoms with Crippen molar-refractivity contribution < 1.29 is 14.7 Å². The zero-order valence-electron chi connectivity index (χ0n) is 14.8. The lowest BCUT2D eigenvalue weighted by Gasteiger charge is -2.23. The fraction of sp³-hybridized carbons (Fsp3) is 0.0952. The second kappa shape index (κ2) is 7.33. The molecule has 28 heavy (non-hydrogen) atoms. The fourth-order valence-electron chi connectivity index (χ4n) is 3.22. The molecule has 0 bridgehead atoms. The van der Waals surface area contributed by atoms with Crippen LogP contribution in [-0.4, -0.2) is 21.8 Å². The summed E-state index contributed by atoms with van der Waals surface area (Å²) in [6.07, 6.45) is 1.58. The van der Waals surface area contributed by atoms with Gasteiger partial charge in [0.15, 0.2) is 5.13 Å². The highest BCUT2D eigenvalue weighted by Gasteiger charge is 2.47. The van der Waals surface area contributed by atoms with Crippen LogP contribution in [-0.2, 0) is 9.59 Å². The van der Waals surface area contributed by atoms with Crippen LogP contribution in [0.2, 0.25) is 0 Å². The van der Waals surface area contributed by atoms with E-state index in [1.54, 1.807) is 23.7 Å². The van der Waals surface area contributed by atoms with Crippen molar-refractivity contribution in [2.24, 2.45) is 0 Å². The molecule has 0 saturated carbocycles. The topological polar surface area (TPSA) is 70.5 Å². The molecule has 0 spiro atoms. The van der Waals surface area contributed by atoms with Crippen LogP contribution in [0.4, 0.5) is 5.13 Å². The molecule has 140 valence electrons. The number of aliphatic hydroxyl groups excluding tert-OH is 1. The van der Waals surface area contributed by atoms with E-state index in [1.807, 2.05) is 43.3 Å². The van der Waals surface area contributed by atoms with Crippen molar-refractivity contribution in [3.05, 3.63) is 86.8 Å². The second-order valence-electron chi connectivity index (χ2n) is 6.40. The number of carbonyl (C=O) groups excluding carboxylic acids is 2. The molecular weight excluding hydrogens is 440 g/mol. The molecule has 0 unspecified atom stereocenters. The van der Waals surface area contributed by atoms with Gasteiger partial charge in [-0.25, -0.2) is 4.98 Å². The summed E-state index contributed by atoms with van der Waals surface area (Å²) in [6.45, 7) is 1.94. The zero-order valence-corrected chi connectivity index (χ0v) is 17.2. The van der Waals surface area contributed by atoms with E-state index in [0.717, 1.165) is 10.0 Å². The van der Waals surface area contributed by atoms with E-state index in [9.17, 15) is 14.7 Å². The first kappa shape index (κ1) is 18.6. The van der Waals surface area contributed by atoms with Crippen molar-refractivity contribution in [2.75, 3.05) is 4.90 Å². The third kappa shape index (κ3) is 3.16. The molecule has 0 radical (unpaired) electrons. The molecule has 1 fully saturated rings. The minimum absolute atomic E-state index is 0.0575. The van der Waals surface area contributed by atoms with Crippen molar-refractivity contribution in [3.8, 4) is 0 Å². The molecule has 2 aromatic carbocycles. The number of halogens is 1. The van der Waals surface area contributed by atoms with Gasteiger partial charge in [0, 0.05) is 21.6 Å². The number of benzene rings is 2. The van der Waals surface area contributed by atoms with Gasteiger partial charge < -0.3 is 5.11 Å². The van der Waals surface area contributed by atoms with Crippen LogP contribution in [0.3, 0.4) is 0 Å². The lowest BCUT2D eigenvalue weighted by atomic mass is 9.95. The van der Waals surface area contributed by atoms with Gasteiger partial charge in [-0.05, 0) is 24.6 Å². The molecular formula is C21H15BrN2O3S. The van der Waals surface area contributed by atoms with Crippen LogP contribution >= 0.6 is 27.3 Å². The lowest BCUT2D eigenvalue weighted by Crippen LogP contribution is -2.29. The summed E-state index contributed by atoms with van der Waals surface area (Å²) < 4.78 is 0.810. The lowest BCUT2D eigenvalue weighted by molar-refractivity contribution is -0.132. The van der Waals surface area contributed by atoms with Crippen molar-refractivity contribution in [2.45, 2.75) is 13.0 Å². The van der Waals surface area contributed by atoms with E-state index in [2.05, 4.69) is 20.9 Å². The third-order valence-corrected chi connectivity index (χ3v) is 5.82. The van der Waals surface area contributed by atoms with Crippen molar-refractivity contribution in [3.63, 3.8) is 0 Å². The number of amides is 1. The number of carbonyl (C=O) groups is 2. The van der Waals surface area contributed by atoms with E-state index in [0.29, 0.717) is 16.3 Å². The molecule has 4 rings (SSSR count). The molecule has 1 N–H and O–H groups in total. The molecule has 1 saturated heterocycles. The number of aliphatic hydroxyl groups is 1. The Bertz CT molecular complexity index is 1090. The summed E-state index contributed by atoms with van der Waals surface area (Å²) in [5.41, 5.74) is 2.28. The number of thiazole rings is 1. The van der Waals surface area contributed by atoms with Crippen LogP contribution < -0.4 is 4.90 Å². The Labute approximate surface area is 174 Å². The summed E-state index contributed by atoms with van der Waals surface area (Å²) in [5, 5.41) is 13.1. The average molecular weight is 455 g/mol. The molecule has 2 heterocycles. The number of ketones is 1. The van der Waals surface area contributed by atoms with E-state index >= 15 is 0 Å².